The molecule has 0 bridgehead atoms. The molecule has 0 saturated heterocycles. The molecule has 0 aliphatic rings. The molecule has 28 heavy (non-hydrogen) atoms. The monoisotopic (exact) mass is 381 g/mol. The number of halogens is 2. The summed E-state index contributed by atoms with van der Waals surface area (Å²) in [6.45, 7) is 1.81. The van der Waals surface area contributed by atoms with Gasteiger partial charge in [0.2, 0.25) is 11.8 Å². The van der Waals surface area contributed by atoms with Crippen molar-refractivity contribution in [1.82, 2.24) is 15.3 Å². The van der Waals surface area contributed by atoms with Crippen LogP contribution in [0.15, 0.2) is 67.1 Å². The number of rotatable bonds is 6. The van der Waals surface area contributed by atoms with E-state index in [4.69, 9.17) is 4.74 Å². The van der Waals surface area contributed by atoms with Crippen molar-refractivity contribution >= 4 is 12.0 Å². The van der Waals surface area contributed by atoms with Gasteiger partial charge in [0.15, 0.2) is 0 Å². The smallest absolute Gasteiger partial charge is 0.244 e. The SMILES string of the molecule is C[C@H](NC(=O)/C=C/c1cc(F)cc(F)c1)c1cccc(Oc2cnccn2)c1. The number of amides is 1. The van der Waals surface area contributed by atoms with Gasteiger partial charge < -0.3 is 10.1 Å². The summed E-state index contributed by atoms with van der Waals surface area (Å²) in [6.07, 6.45) is 7.15. The quantitative estimate of drug-likeness (QED) is 0.641. The molecule has 0 unspecified atom stereocenters. The van der Waals surface area contributed by atoms with Crippen LogP contribution in [0.25, 0.3) is 6.08 Å². The van der Waals surface area contributed by atoms with Crippen molar-refractivity contribution < 1.29 is 18.3 Å². The van der Waals surface area contributed by atoms with E-state index in [-0.39, 0.29) is 11.6 Å². The zero-order chi connectivity index (χ0) is 19.9. The Bertz CT molecular complexity index is 974. The van der Waals surface area contributed by atoms with Gasteiger partial charge in [-0.3, -0.25) is 9.78 Å². The number of hydrogen-bond donors (Lipinski definition) is 1. The summed E-state index contributed by atoms with van der Waals surface area (Å²) in [5.74, 6) is -0.870. The Balaban J connectivity index is 1.63. The van der Waals surface area contributed by atoms with Crippen LogP contribution in [0.5, 0.6) is 11.6 Å². The second-order valence-corrected chi connectivity index (χ2v) is 5.98. The first-order chi connectivity index (χ1) is 13.5. The molecule has 0 radical (unpaired) electrons. The third-order valence-electron chi connectivity index (χ3n) is 3.79. The highest BCUT2D eigenvalue weighted by Crippen LogP contribution is 2.23. The van der Waals surface area contributed by atoms with Gasteiger partial charge in [0.1, 0.15) is 17.4 Å². The van der Waals surface area contributed by atoms with Gasteiger partial charge >= 0.3 is 0 Å². The van der Waals surface area contributed by atoms with Gasteiger partial charge in [-0.05, 0) is 48.4 Å². The molecule has 2 aromatic carbocycles. The van der Waals surface area contributed by atoms with Crippen LogP contribution >= 0.6 is 0 Å². The van der Waals surface area contributed by atoms with Gasteiger partial charge in [0.05, 0.1) is 12.2 Å². The Morgan fingerprint density at radius 3 is 2.64 bits per heavy atom. The Hall–Kier alpha value is -3.61. The Morgan fingerprint density at radius 1 is 1.14 bits per heavy atom. The normalized spacial score (nSPS) is 12.0. The van der Waals surface area contributed by atoms with Crippen LogP contribution in [-0.4, -0.2) is 15.9 Å². The fraction of sp³-hybridized carbons (Fsp3) is 0.0952. The van der Waals surface area contributed by atoms with E-state index in [0.29, 0.717) is 11.6 Å². The van der Waals surface area contributed by atoms with Crippen LogP contribution in [0, 0.1) is 11.6 Å². The number of carbonyl (C=O) groups excluding carboxylic acids is 1. The molecule has 1 heterocycles. The van der Waals surface area contributed by atoms with Crippen molar-refractivity contribution in [3.05, 3.63) is 89.9 Å². The van der Waals surface area contributed by atoms with Crippen molar-refractivity contribution in [3.63, 3.8) is 0 Å². The van der Waals surface area contributed by atoms with Crippen LogP contribution < -0.4 is 10.1 Å². The molecular formula is C21H17F2N3O2. The summed E-state index contributed by atoms with van der Waals surface area (Å²) >= 11 is 0. The van der Waals surface area contributed by atoms with Gasteiger partial charge in [0.25, 0.3) is 0 Å². The average Bonchev–Trinajstić information content (AvgIpc) is 2.67. The maximum Gasteiger partial charge on any atom is 0.244 e. The number of aromatic nitrogens is 2. The number of nitrogens with one attached hydrogen (secondary N) is 1. The fourth-order valence-corrected chi connectivity index (χ4v) is 2.49. The molecule has 3 rings (SSSR count). The minimum Gasteiger partial charge on any atom is -0.437 e. The number of nitrogens with zero attached hydrogens (tertiary/aromatic N) is 2. The molecule has 1 N–H and O–H groups in total. The standard InChI is InChI=1S/C21H17F2N3O2/c1-14(26-20(27)6-5-15-9-17(22)12-18(23)10-15)16-3-2-4-19(11-16)28-21-13-24-7-8-25-21/h2-14H,1H3,(H,26,27)/b6-5+/t14-/m0/s1. The van der Waals surface area contributed by atoms with Gasteiger partial charge in [-0.15, -0.1) is 0 Å². The highest BCUT2D eigenvalue weighted by molar-refractivity contribution is 5.91. The lowest BCUT2D eigenvalue weighted by Crippen LogP contribution is -2.24. The van der Waals surface area contributed by atoms with Crippen molar-refractivity contribution in [2.45, 2.75) is 13.0 Å². The topological polar surface area (TPSA) is 64.1 Å². The van der Waals surface area contributed by atoms with E-state index in [2.05, 4.69) is 15.3 Å². The molecule has 0 spiro atoms. The second kappa shape index (κ2) is 8.85. The number of carbonyl (C=O) groups is 1. The van der Waals surface area contributed by atoms with Crippen LogP contribution in [0.1, 0.15) is 24.1 Å². The summed E-state index contributed by atoms with van der Waals surface area (Å²) < 4.78 is 32.0. The molecule has 0 saturated carbocycles. The summed E-state index contributed by atoms with van der Waals surface area (Å²) in [7, 11) is 0. The molecule has 0 fully saturated rings. The molecule has 3 aromatic rings. The first-order valence-electron chi connectivity index (χ1n) is 8.48. The second-order valence-electron chi connectivity index (χ2n) is 5.98. The summed E-state index contributed by atoms with van der Waals surface area (Å²) in [5, 5.41) is 2.79. The lowest BCUT2D eigenvalue weighted by Gasteiger charge is -2.14. The molecule has 0 aliphatic carbocycles. The van der Waals surface area contributed by atoms with Crippen LogP contribution in [-0.2, 0) is 4.79 Å². The Labute approximate surface area is 160 Å². The van der Waals surface area contributed by atoms with E-state index in [1.807, 2.05) is 13.0 Å². The molecule has 5 nitrogen and oxygen atoms in total. The predicted octanol–water partition coefficient (Wildman–Crippen LogP) is 4.44. The minimum absolute atomic E-state index is 0.264. The fourth-order valence-electron chi connectivity index (χ4n) is 2.49. The summed E-state index contributed by atoms with van der Waals surface area (Å²) in [6, 6.07) is 9.95. The van der Waals surface area contributed by atoms with E-state index in [0.717, 1.165) is 23.8 Å². The lowest BCUT2D eigenvalue weighted by molar-refractivity contribution is -0.117. The molecule has 1 aromatic heterocycles. The van der Waals surface area contributed by atoms with Gasteiger partial charge in [0, 0.05) is 24.5 Å². The summed E-state index contributed by atoms with van der Waals surface area (Å²) in [5.41, 5.74) is 1.08. The summed E-state index contributed by atoms with van der Waals surface area (Å²) in [4.78, 5) is 20.1. The first kappa shape index (κ1) is 19.2. The Kier molecular flexibility index (Phi) is 6.06. The van der Waals surface area contributed by atoms with E-state index < -0.39 is 17.5 Å². The maximum atomic E-state index is 13.2. The van der Waals surface area contributed by atoms with Crippen molar-refractivity contribution in [1.29, 1.82) is 0 Å². The van der Waals surface area contributed by atoms with Crippen molar-refractivity contribution in [2.75, 3.05) is 0 Å². The van der Waals surface area contributed by atoms with Gasteiger partial charge in [-0.25, -0.2) is 13.8 Å². The number of benzene rings is 2. The van der Waals surface area contributed by atoms with Crippen molar-refractivity contribution in [3.8, 4) is 11.6 Å². The number of ether oxygens (including phenoxy) is 1. The lowest BCUT2D eigenvalue weighted by atomic mass is 10.1. The van der Waals surface area contributed by atoms with Crippen LogP contribution in [0.2, 0.25) is 0 Å². The molecule has 1 atom stereocenters. The number of hydrogen-bond acceptors (Lipinski definition) is 4. The molecule has 0 aliphatic heterocycles. The molecule has 1 amide bonds. The molecule has 7 heteroatoms. The Morgan fingerprint density at radius 2 is 1.93 bits per heavy atom. The molecule has 142 valence electrons. The third kappa shape index (κ3) is 5.44. The van der Waals surface area contributed by atoms with E-state index >= 15 is 0 Å². The third-order valence-corrected chi connectivity index (χ3v) is 3.79. The maximum absolute atomic E-state index is 13.2. The predicted molar refractivity (Wildman–Crippen MR) is 100 cm³/mol. The molecular weight excluding hydrogens is 364 g/mol. The van der Waals surface area contributed by atoms with Gasteiger partial charge in [-0.2, -0.15) is 0 Å². The first-order valence-corrected chi connectivity index (χ1v) is 8.48. The zero-order valence-corrected chi connectivity index (χ0v) is 15.0. The highest BCUT2D eigenvalue weighted by atomic mass is 19.1. The highest BCUT2D eigenvalue weighted by Gasteiger charge is 2.09. The van der Waals surface area contributed by atoms with E-state index in [9.17, 15) is 13.6 Å². The minimum atomic E-state index is -0.701. The zero-order valence-electron chi connectivity index (χ0n) is 15.0. The van der Waals surface area contributed by atoms with E-state index in [1.54, 1.807) is 24.4 Å². The van der Waals surface area contributed by atoms with Gasteiger partial charge in [-0.1, -0.05) is 12.1 Å². The largest absolute Gasteiger partial charge is 0.437 e. The van der Waals surface area contributed by atoms with Crippen LogP contribution in [0.3, 0.4) is 0 Å². The van der Waals surface area contributed by atoms with E-state index in [1.165, 1.54) is 24.5 Å². The van der Waals surface area contributed by atoms with Crippen molar-refractivity contribution in [2.24, 2.45) is 0 Å². The average molecular weight is 381 g/mol. The van der Waals surface area contributed by atoms with Crippen LogP contribution in [0.4, 0.5) is 8.78 Å².